The Kier molecular flexibility index (Phi) is 5.96. The molecule has 0 radical (unpaired) electrons. The molecule has 1 saturated carbocycles. The molecule has 1 rings (SSSR count). The van der Waals surface area contributed by atoms with Gasteiger partial charge in [-0.3, -0.25) is 4.79 Å². The average molecular weight is 240 g/mol. The summed E-state index contributed by atoms with van der Waals surface area (Å²) in [6, 6.07) is -0.00342. The van der Waals surface area contributed by atoms with E-state index >= 15 is 0 Å². The molecule has 1 aliphatic rings. The standard InChI is InChI=1S/C14H28N2O/c1-11(2)13(15)9-14(17)16(3)10-12-7-5-4-6-8-12/h11-13H,4-10,15H2,1-3H3. The van der Waals surface area contributed by atoms with Crippen LogP contribution in [0.5, 0.6) is 0 Å². The predicted octanol–water partition coefficient (Wildman–Crippen LogP) is 2.40. The molecule has 0 saturated heterocycles. The molecule has 0 aromatic heterocycles. The van der Waals surface area contributed by atoms with Gasteiger partial charge >= 0.3 is 0 Å². The van der Waals surface area contributed by atoms with Crippen LogP contribution >= 0.6 is 0 Å². The molecule has 1 unspecified atom stereocenters. The molecule has 0 aliphatic heterocycles. The van der Waals surface area contributed by atoms with Crippen LogP contribution in [0.15, 0.2) is 0 Å². The van der Waals surface area contributed by atoms with Crippen LogP contribution in [0, 0.1) is 11.8 Å². The number of nitrogens with zero attached hydrogens (tertiary/aromatic N) is 1. The topological polar surface area (TPSA) is 46.3 Å². The van der Waals surface area contributed by atoms with E-state index in [9.17, 15) is 4.79 Å². The Hall–Kier alpha value is -0.570. The second-order valence-electron chi connectivity index (χ2n) is 5.89. The summed E-state index contributed by atoms with van der Waals surface area (Å²) in [7, 11) is 1.92. The first-order valence-corrected chi connectivity index (χ1v) is 7.00. The first-order chi connectivity index (χ1) is 8.00. The van der Waals surface area contributed by atoms with Crippen molar-refractivity contribution >= 4 is 5.91 Å². The molecule has 100 valence electrons. The van der Waals surface area contributed by atoms with E-state index in [-0.39, 0.29) is 11.9 Å². The molecule has 1 amide bonds. The molecule has 2 N–H and O–H groups in total. The molecular formula is C14H28N2O. The van der Waals surface area contributed by atoms with Crippen molar-refractivity contribution in [3.8, 4) is 0 Å². The summed E-state index contributed by atoms with van der Waals surface area (Å²) in [5.74, 6) is 1.30. The van der Waals surface area contributed by atoms with Gasteiger partial charge in [0, 0.05) is 26.1 Å². The van der Waals surface area contributed by atoms with Gasteiger partial charge in [-0.05, 0) is 24.7 Å². The van der Waals surface area contributed by atoms with Crippen molar-refractivity contribution in [3.05, 3.63) is 0 Å². The Morgan fingerprint density at radius 2 is 1.88 bits per heavy atom. The summed E-state index contributed by atoms with van der Waals surface area (Å²) in [4.78, 5) is 13.9. The zero-order valence-electron chi connectivity index (χ0n) is 11.6. The summed E-state index contributed by atoms with van der Waals surface area (Å²) in [5, 5.41) is 0. The van der Waals surface area contributed by atoms with Crippen LogP contribution in [0.3, 0.4) is 0 Å². The van der Waals surface area contributed by atoms with Gasteiger partial charge in [0.1, 0.15) is 0 Å². The third-order valence-corrected chi connectivity index (χ3v) is 3.95. The SMILES string of the molecule is CC(C)C(N)CC(=O)N(C)CC1CCCCC1. The van der Waals surface area contributed by atoms with Crippen LogP contribution in [-0.4, -0.2) is 30.4 Å². The molecule has 1 aliphatic carbocycles. The van der Waals surface area contributed by atoms with E-state index in [2.05, 4.69) is 13.8 Å². The van der Waals surface area contributed by atoms with Crippen LogP contribution in [0.1, 0.15) is 52.4 Å². The van der Waals surface area contributed by atoms with E-state index in [0.29, 0.717) is 18.3 Å². The van der Waals surface area contributed by atoms with Gasteiger partial charge in [-0.1, -0.05) is 33.1 Å². The second kappa shape index (κ2) is 7.00. The van der Waals surface area contributed by atoms with Crippen molar-refractivity contribution < 1.29 is 4.79 Å². The highest BCUT2D eigenvalue weighted by molar-refractivity contribution is 5.76. The lowest BCUT2D eigenvalue weighted by molar-refractivity contribution is -0.131. The molecule has 0 spiro atoms. The molecule has 1 fully saturated rings. The maximum Gasteiger partial charge on any atom is 0.223 e. The Bertz CT molecular complexity index is 234. The van der Waals surface area contributed by atoms with E-state index < -0.39 is 0 Å². The maximum absolute atomic E-state index is 12.0. The van der Waals surface area contributed by atoms with Gasteiger partial charge in [-0.15, -0.1) is 0 Å². The van der Waals surface area contributed by atoms with Crippen molar-refractivity contribution in [3.63, 3.8) is 0 Å². The zero-order valence-corrected chi connectivity index (χ0v) is 11.6. The largest absolute Gasteiger partial charge is 0.345 e. The highest BCUT2D eigenvalue weighted by Gasteiger charge is 2.20. The fourth-order valence-corrected chi connectivity index (χ4v) is 2.45. The van der Waals surface area contributed by atoms with Crippen molar-refractivity contribution in [2.24, 2.45) is 17.6 Å². The summed E-state index contributed by atoms with van der Waals surface area (Å²) < 4.78 is 0. The summed E-state index contributed by atoms with van der Waals surface area (Å²) in [6.07, 6.45) is 7.09. The van der Waals surface area contributed by atoms with Crippen molar-refractivity contribution in [2.75, 3.05) is 13.6 Å². The van der Waals surface area contributed by atoms with E-state index in [4.69, 9.17) is 5.73 Å². The predicted molar refractivity (Wildman–Crippen MR) is 71.6 cm³/mol. The first-order valence-electron chi connectivity index (χ1n) is 7.00. The smallest absolute Gasteiger partial charge is 0.223 e. The van der Waals surface area contributed by atoms with Crippen LogP contribution in [-0.2, 0) is 4.79 Å². The molecule has 3 heteroatoms. The number of nitrogens with two attached hydrogens (primary N) is 1. The van der Waals surface area contributed by atoms with Gasteiger partial charge in [-0.25, -0.2) is 0 Å². The van der Waals surface area contributed by atoms with Gasteiger partial charge < -0.3 is 10.6 Å². The molecule has 17 heavy (non-hydrogen) atoms. The molecule has 3 nitrogen and oxygen atoms in total. The normalized spacial score (nSPS) is 19.4. The Balaban J connectivity index is 2.30. The number of rotatable bonds is 5. The Morgan fingerprint density at radius 1 is 1.29 bits per heavy atom. The monoisotopic (exact) mass is 240 g/mol. The van der Waals surface area contributed by atoms with Gasteiger partial charge in [0.2, 0.25) is 5.91 Å². The molecule has 1 atom stereocenters. The van der Waals surface area contributed by atoms with E-state index in [0.717, 1.165) is 6.54 Å². The van der Waals surface area contributed by atoms with Gasteiger partial charge in [0.05, 0.1) is 0 Å². The van der Waals surface area contributed by atoms with Crippen LogP contribution in [0.4, 0.5) is 0 Å². The highest BCUT2D eigenvalue weighted by atomic mass is 16.2. The lowest BCUT2D eigenvalue weighted by Gasteiger charge is -2.28. The third-order valence-electron chi connectivity index (χ3n) is 3.95. The lowest BCUT2D eigenvalue weighted by Crippen LogP contribution is -2.38. The Labute approximate surface area is 106 Å². The van der Waals surface area contributed by atoms with Crippen molar-refractivity contribution in [2.45, 2.75) is 58.4 Å². The van der Waals surface area contributed by atoms with Crippen LogP contribution < -0.4 is 5.73 Å². The highest BCUT2D eigenvalue weighted by Crippen LogP contribution is 2.24. The second-order valence-corrected chi connectivity index (χ2v) is 5.89. The average Bonchev–Trinajstić information content (AvgIpc) is 2.29. The fraction of sp³-hybridized carbons (Fsp3) is 0.929. The van der Waals surface area contributed by atoms with Crippen molar-refractivity contribution in [1.29, 1.82) is 0 Å². The summed E-state index contributed by atoms with van der Waals surface area (Å²) in [5.41, 5.74) is 5.94. The van der Waals surface area contributed by atoms with Crippen molar-refractivity contribution in [1.82, 2.24) is 4.90 Å². The summed E-state index contributed by atoms with van der Waals surface area (Å²) in [6.45, 7) is 5.06. The third kappa shape index (κ3) is 5.07. The fourth-order valence-electron chi connectivity index (χ4n) is 2.45. The molecule has 0 heterocycles. The first kappa shape index (κ1) is 14.5. The number of hydrogen-bond donors (Lipinski definition) is 1. The van der Waals surface area contributed by atoms with E-state index in [1.54, 1.807) is 0 Å². The van der Waals surface area contributed by atoms with E-state index in [1.807, 2.05) is 11.9 Å². The molecule has 0 aromatic carbocycles. The van der Waals surface area contributed by atoms with Gasteiger partial charge in [0.15, 0.2) is 0 Å². The minimum absolute atomic E-state index is 0.00342. The number of carbonyl (C=O) groups excluding carboxylic acids is 1. The maximum atomic E-state index is 12.0. The quantitative estimate of drug-likeness (QED) is 0.802. The van der Waals surface area contributed by atoms with Gasteiger partial charge in [-0.2, -0.15) is 0 Å². The zero-order chi connectivity index (χ0) is 12.8. The minimum atomic E-state index is -0.00342. The van der Waals surface area contributed by atoms with Crippen LogP contribution in [0.2, 0.25) is 0 Å². The number of hydrogen-bond acceptors (Lipinski definition) is 2. The van der Waals surface area contributed by atoms with Gasteiger partial charge in [0.25, 0.3) is 0 Å². The molecular weight excluding hydrogens is 212 g/mol. The van der Waals surface area contributed by atoms with Crippen LogP contribution in [0.25, 0.3) is 0 Å². The molecule has 0 aromatic rings. The lowest BCUT2D eigenvalue weighted by atomic mass is 9.89. The minimum Gasteiger partial charge on any atom is -0.345 e. The van der Waals surface area contributed by atoms with E-state index in [1.165, 1.54) is 32.1 Å². The number of amides is 1. The Morgan fingerprint density at radius 3 is 2.41 bits per heavy atom. The number of carbonyl (C=O) groups is 1. The molecule has 0 bridgehead atoms. The summed E-state index contributed by atoms with van der Waals surface area (Å²) >= 11 is 0.